The van der Waals surface area contributed by atoms with E-state index >= 15 is 0 Å². The number of carbonyl (C=O) groups excluding carboxylic acids is 2. The van der Waals surface area contributed by atoms with E-state index in [2.05, 4.69) is 15.3 Å². The first-order chi connectivity index (χ1) is 14.6. The van der Waals surface area contributed by atoms with Gasteiger partial charge in [0.05, 0.1) is 15.3 Å². The van der Waals surface area contributed by atoms with Gasteiger partial charge in [0.2, 0.25) is 5.91 Å². The lowest BCUT2D eigenvalue weighted by Gasteiger charge is -2.09. The largest absolute Gasteiger partial charge is 0.326 e. The molecule has 0 aliphatic carbocycles. The van der Waals surface area contributed by atoms with Crippen LogP contribution in [-0.4, -0.2) is 27.1 Å². The van der Waals surface area contributed by atoms with Gasteiger partial charge in [-0.25, -0.2) is 9.98 Å². The number of carbonyl (C=O) groups is 2. The second kappa shape index (κ2) is 8.01. The number of rotatable bonds is 5. The molecule has 2 amide bonds. The van der Waals surface area contributed by atoms with Crippen molar-refractivity contribution in [1.29, 1.82) is 0 Å². The highest BCUT2D eigenvalue weighted by atomic mass is 32.2. The number of fused-ring (bicyclic) bond motifs is 2. The zero-order chi connectivity index (χ0) is 20.5. The van der Waals surface area contributed by atoms with E-state index in [4.69, 9.17) is 0 Å². The van der Waals surface area contributed by atoms with Crippen LogP contribution >= 0.6 is 23.1 Å². The maximum Gasteiger partial charge on any atom is 0.260 e. The smallest absolute Gasteiger partial charge is 0.260 e. The Labute approximate surface area is 181 Å². The van der Waals surface area contributed by atoms with E-state index in [0.29, 0.717) is 6.42 Å². The summed E-state index contributed by atoms with van der Waals surface area (Å²) in [5, 5.41) is 6.25. The summed E-state index contributed by atoms with van der Waals surface area (Å²) in [5.74, 6) is -0.433. The molecular formula is C23H17N3O2S2. The molecule has 0 saturated carbocycles. The summed E-state index contributed by atoms with van der Waals surface area (Å²) in [4.78, 5) is 33.6. The maximum absolute atomic E-state index is 12.5. The Morgan fingerprint density at radius 1 is 1.00 bits per heavy atom. The molecule has 148 valence electrons. The summed E-state index contributed by atoms with van der Waals surface area (Å²) in [6.07, 6.45) is 0.627. The topological polar surface area (TPSA) is 71.4 Å². The standard InChI is InChI=1S/C23H17N3O2S2/c27-20(24-16-10-9-14-5-1-2-6-15(14)11-16)12-19-23(28)26-22(30-19)13-21-25-17-7-3-4-8-18(17)29-21/h1-11,19H,12-13H2,(H,24,27)/t19-/m1/s1. The quantitative estimate of drug-likeness (QED) is 0.479. The minimum atomic E-state index is -0.477. The zero-order valence-electron chi connectivity index (χ0n) is 15.9. The van der Waals surface area contributed by atoms with Crippen LogP contribution in [0.3, 0.4) is 0 Å². The first-order valence-electron chi connectivity index (χ1n) is 9.55. The molecule has 7 heteroatoms. The van der Waals surface area contributed by atoms with E-state index in [1.807, 2.05) is 66.7 Å². The highest BCUT2D eigenvalue weighted by molar-refractivity contribution is 8.15. The van der Waals surface area contributed by atoms with Crippen LogP contribution in [0.4, 0.5) is 5.69 Å². The van der Waals surface area contributed by atoms with Crippen LogP contribution in [0, 0.1) is 0 Å². The Bertz CT molecular complexity index is 1280. The van der Waals surface area contributed by atoms with Crippen LogP contribution in [0.15, 0.2) is 71.7 Å². The Hall–Kier alpha value is -3.03. The molecule has 0 unspecified atom stereocenters. The lowest BCUT2D eigenvalue weighted by Crippen LogP contribution is -2.21. The monoisotopic (exact) mass is 431 g/mol. The van der Waals surface area contributed by atoms with Crippen molar-refractivity contribution < 1.29 is 9.59 Å². The molecule has 5 rings (SSSR count). The van der Waals surface area contributed by atoms with Crippen molar-refractivity contribution in [3.8, 4) is 0 Å². The molecule has 1 N–H and O–H groups in total. The van der Waals surface area contributed by atoms with Gasteiger partial charge in [-0.3, -0.25) is 9.59 Å². The maximum atomic E-state index is 12.5. The second-order valence-corrected chi connectivity index (χ2v) is 9.41. The number of benzene rings is 3. The van der Waals surface area contributed by atoms with Gasteiger partial charge < -0.3 is 5.32 Å². The molecule has 0 radical (unpaired) electrons. The van der Waals surface area contributed by atoms with Crippen LogP contribution in [0.2, 0.25) is 0 Å². The average molecular weight is 432 g/mol. The van der Waals surface area contributed by atoms with Gasteiger partial charge in [0, 0.05) is 18.5 Å². The predicted molar refractivity (Wildman–Crippen MR) is 124 cm³/mol. The molecule has 2 heterocycles. The molecular weight excluding hydrogens is 414 g/mol. The van der Waals surface area contributed by atoms with Gasteiger partial charge in [-0.2, -0.15) is 0 Å². The Kier molecular flexibility index (Phi) is 5.06. The van der Waals surface area contributed by atoms with E-state index in [9.17, 15) is 9.59 Å². The van der Waals surface area contributed by atoms with Crippen LogP contribution < -0.4 is 5.32 Å². The van der Waals surface area contributed by atoms with Crippen molar-refractivity contribution in [3.63, 3.8) is 0 Å². The summed E-state index contributed by atoms with van der Waals surface area (Å²) in [6, 6.07) is 21.7. The SMILES string of the molecule is O=C(C[C@H]1SC(Cc2nc3ccccc3s2)=NC1=O)Nc1ccc2ccccc2c1. The van der Waals surface area contributed by atoms with Gasteiger partial charge >= 0.3 is 0 Å². The summed E-state index contributed by atoms with van der Waals surface area (Å²) < 4.78 is 1.12. The van der Waals surface area contributed by atoms with Crippen molar-refractivity contribution in [2.75, 3.05) is 5.32 Å². The zero-order valence-corrected chi connectivity index (χ0v) is 17.5. The fourth-order valence-electron chi connectivity index (χ4n) is 3.42. The molecule has 0 spiro atoms. The molecule has 3 aromatic carbocycles. The van der Waals surface area contributed by atoms with Gasteiger partial charge in [-0.15, -0.1) is 11.3 Å². The van der Waals surface area contributed by atoms with Crippen molar-refractivity contribution in [2.45, 2.75) is 18.1 Å². The molecule has 0 bridgehead atoms. The normalized spacial score (nSPS) is 16.2. The highest BCUT2D eigenvalue weighted by Crippen LogP contribution is 2.30. The summed E-state index contributed by atoms with van der Waals surface area (Å²) in [6.45, 7) is 0. The number of aliphatic imine (C=N–C) groups is 1. The number of aromatic nitrogens is 1. The number of thioether (sulfide) groups is 1. The number of nitrogens with zero attached hydrogens (tertiary/aromatic N) is 2. The third-order valence-electron chi connectivity index (χ3n) is 4.83. The first-order valence-corrected chi connectivity index (χ1v) is 11.2. The van der Waals surface area contributed by atoms with Crippen LogP contribution in [0.5, 0.6) is 0 Å². The number of anilines is 1. The number of thiazole rings is 1. The second-order valence-electron chi connectivity index (χ2n) is 7.02. The summed E-state index contributed by atoms with van der Waals surface area (Å²) in [7, 11) is 0. The molecule has 30 heavy (non-hydrogen) atoms. The van der Waals surface area contributed by atoms with Gasteiger partial charge in [0.1, 0.15) is 10.3 Å². The van der Waals surface area contributed by atoms with Crippen molar-refractivity contribution >= 4 is 66.6 Å². The van der Waals surface area contributed by atoms with Gasteiger partial charge in [-0.1, -0.05) is 54.2 Å². The molecule has 0 saturated heterocycles. The van der Waals surface area contributed by atoms with E-state index in [1.54, 1.807) is 11.3 Å². The molecule has 5 nitrogen and oxygen atoms in total. The number of para-hydroxylation sites is 1. The van der Waals surface area contributed by atoms with Crippen molar-refractivity contribution in [3.05, 3.63) is 71.7 Å². The Morgan fingerprint density at radius 3 is 2.67 bits per heavy atom. The number of amides is 2. The van der Waals surface area contributed by atoms with Crippen molar-refractivity contribution in [2.24, 2.45) is 4.99 Å². The average Bonchev–Trinajstić information content (AvgIpc) is 3.30. The van der Waals surface area contributed by atoms with E-state index in [0.717, 1.165) is 36.7 Å². The fraction of sp³-hybridized carbons (Fsp3) is 0.130. The predicted octanol–water partition coefficient (Wildman–Crippen LogP) is 5.06. The fourth-order valence-corrected chi connectivity index (χ4v) is 5.56. The number of hydrogen-bond acceptors (Lipinski definition) is 5. The third kappa shape index (κ3) is 3.99. The molecule has 4 aromatic rings. The summed E-state index contributed by atoms with van der Waals surface area (Å²) in [5.41, 5.74) is 1.68. The minimum Gasteiger partial charge on any atom is -0.326 e. The Balaban J connectivity index is 1.21. The highest BCUT2D eigenvalue weighted by Gasteiger charge is 2.30. The van der Waals surface area contributed by atoms with Crippen molar-refractivity contribution in [1.82, 2.24) is 4.98 Å². The van der Waals surface area contributed by atoms with Gasteiger partial charge in [0.25, 0.3) is 5.91 Å². The van der Waals surface area contributed by atoms with Crippen LogP contribution in [0.25, 0.3) is 21.0 Å². The number of hydrogen-bond donors (Lipinski definition) is 1. The first kappa shape index (κ1) is 19.0. The molecule has 1 aromatic heterocycles. The van der Waals surface area contributed by atoms with E-state index < -0.39 is 5.25 Å². The van der Waals surface area contributed by atoms with Gasteiger partial charge in [0.15, 0.2) is 0 Å². The van der Waals surface area contributed by atoms with Crippen LogP contribution in [-0.2, 0) is 16.0 Å². The molecule has 1 atom stereocenters. The third-order valence-corrected chi connectivity index (χ3v) is 7.03. The van der Waals surface area contributed by atoms with Gasteiger partial charge in [-0.05, 0) is 35.0 Å². The lowest BCUT2D eigenvalue weighted by atomic mass is 10.1. The van der Waals surface area contributed by atoms with Crippen LogP contribution in [0.1, 0.15) is 11.4 Å². The summed E-state index contributed by atoms with van der Waals surface area (Å²) >= 11 is 2.98. The molecule has 1 aliphatic rings. The Morgan fingerprint density at radius 2 is 1.80 bits per heavy atom. The molecule has 1 aliphatic heterocycles. The minimum absolute atomic E-state index is 0.100. The number of nitrogens with one attached hydrogen (secondary N) is 1. The molecule has 0 fully saturated rings. The lowest BCUT2D eigenvalue weighted by molar-refractivity contribution is -0.121. The van der Waals surface area contributed by atoms with E-state index in [-0.39, 0.29) is 18.2 Å². The van der Waals surface area contributed by atoms with E-state index in [1.165, 1.54) is 11.8 Å².